The van der Waals surface area contributed by atoms with Crippen LogP contribution in [-0.2, 0) is 11.3 Å². The first kappa shape index (κ1) is 17.2. The largest absolute Gasteiger partial charge is 0.341 e. The van der Waals surface area contributed by atoms with E-state index in [2.05, 4.69) is 15.5 Å². The van der Waals surface area contributed by atoms with Gasteiger partial charge in [-0.05, 0) is 35.0 Å². The van der Waals surface area contributed by atoms with Crippen molar-refractivity contribution in [1.29, 1.82) is 0 Å². The Labute approximate surface area is 150 Å². The topological polar surface area (TPSA) is 63.9 Å². The molecular formula is C18H19N5OS. The Morgan fingerprint density at radius 1 is 1.12 bits per heavy atom. The molecule has 1 amide bonds. The van der Waals surface area contributed by atoms with Gasteiger partial charge in [0.2, 0.25) is 11.1 Å². The lowest BCUT2D eigenvalue weighted by molar-refractivity contribution is -0.127. The number of hydrogen-bond donors (Lipinski definition) is 0. The van der Waals surface area contributed by atoms with Gasteiger partial charge in [0.1, 0.15) is 0 Å². The highest BCUT2D eigenvalue weighted by molar-refractivity contribution is 7.99. The van der Waals surface area contributed by atoms with E-state index in [0.717, 1.165) is 11.3 Å². The van der Waals surface area contributed by atoms with E-state index >= 15 is 0 Å². The summed E-state index contributed by atoms with van der Waals surface area (Å²) in [5.41, 5.74) is 3.15. The normalized spacial score (nSPS) is 10.6. The predicted octanol–water partition coefficient (Wildman–Crippen LogP) is 2.72. The Hall–Kier alpha value is -2.67. The molecule has 0 saturated heterocycles. The first-order valence-corrected chi connectivity index (χ1v) is 8.88. The maximum absolute atomic E-state index is 12.4. The minimum Gasteiger partial charge on any atom is -0.341 e. The molecule has 0 saturated carbocycles. The minimum atomic E-state index is 0.0345. The molecule has 0 aliphatic heterocycles. The summed E-state index contributed by atoms with van der Waals surface area (Å²) in [6, 6.07) is 17.8. The van der Waals surface area contributed by atoms with E-state index in [1.54, 1.807) is 16.6 Å². The maximum Gasteiger partial charge on any atom is 0.233 e. The summed E-state index contributed by atoms with van der Waals surface area (Å²) in [7, 11) is 1.80. The summed E-state index contributed by atoms with van der Waals surface area (Å²) in [5.74, 6) is 0.322. The molecule has 0 N–H and O–H groups in total. The van der Waals surface area contributed by atoms with Gasteiger partial charge in [0.15, 0.2) is 0 Å². The molecule has 3 rings (SSSR count). The lowest BCUT2D eigenvalue weighted by atomic mass is 10.2. The van der Waals surface area contributed by atoms with E-state index in [9.17, 15) is 4.79 Å². The summed E-state index contributed by atoms with van der Waals surface area (Å²) in [4.78, 5) is 14.1. The molecular weight excluding hydrogens is 334 g/mol. The van der Waals surface area contributed by atoms with E-state index in [-0.39, 0.29) is 11.7 Å². The van der Waals surface area contributed by atoms with E-state index < -0.39 is 0 Å². The summed E-state index contributed by atoms with van der Waals surface area (Å²) in [5, 5.41) is 12.4. The summed E-state index contributed by atoms with van der Waals surface area (Å²) < 4.78 is 1.65. The van der Waals surface area contributed by atoms with Gasteiger partial charge in [0, 0.05) is 13.6 Å². The number of carbonyl (C=O) groups is 1. The molecule has 3 aromatic rings. The Kier molecular flexibility index (Phi) is 5.45. The Balaban J connectivity index is 1.61. The molecule has 2 aromatic carbocycles. The second kappa shape index (κ2) is 7.94. The second-order valence-corrected chi connectivity index (χ2v) is 6.68. The molecule has 0 spiro atoms. The Morgan fingerprint density at radius 2 is 1.84 bits per heavy atom. The Bertz CT molecular complexity index is 832. The number of rotatable bonds is 6. The van der Waals surface area contributed by atoms with Crippen molar-refractivity contribution in [3.05, 3.63) is 65.7 Å². The number of hydrogen-bond acceptors (Lipinski definition) is 5. The quantitative estimate of drug-likeness (QED) is 0.638. The number of thioether (sulfide) groups is 1. The number of benzene rings is 2. The first-order chi connectivity index (χ1) is 12.1. The fraction of sp³-hybridized carbons (Fsp3) is 0.222. The van der Waals surface area contributed by atoms with Crippen molar-refractivity contribution >= 4 is 17.7 Å². The van der Waals surface area contributed by atoms with E-state index in [4.69, 9.17) is 0 Å². The van der Waals surface area contributed by atoms with Gasteiger partial charge in [0.25, 0.3) is 0 Å². The molecule has 128 valence electrons. The van der Waals surface area contributed by atoms with Gasteiger partial charge < -0.3 is 4.90 Å². The van der Waals surface area contributed by atoms with Crippen molar-refractivity contribution in [1.82, 2.24) is 25.1 Å². The number of aromatic nitrogens is 4. The van der Waals surface area contributed by atoms with E-state index in [1.165, 1.54) is 17.3 Å². The van der Waals surface area contributed by atoms with Crippen LogP contribution in [0.15, 0.2) is 59.8 Å². The zero-order valence-corrected chi connectivity index (χ0v) is 15.0. The smallest absolute Gasteiger partial charge is 0.233 e. The van der Waals surface area contributed by atoms with Gasteiger partial charge >= 0.3 is 0 Å². The van der Waals surface area contributed by atoms with Crippen LogP contribution in [0.1, 0.15) is 11.1 Å². The van der Waals surface area contributed by atoms with Gasteiger partial charge in [-0.2, -0.15) is 4.68 Å². The third kappa shape index (κ3) is 4.45. The van der Waals surface area contributed by atoms with Gasteiger partial charge in [-0.3, -0.25) is 4.79 Å². The highest BCUT2D eigenvalue weighted by Crippen LogP contribution is 2.19. The summed E-state index contributed by atoms with van der Waals surface area (Å²) in [6.45, 7) is 2.61. The van der Waals surface area contributed by atoms with Crippen LogP contribution < -0.4 is 0 Å². The highest BCUT2D eigenvalue weighted by Gasteiger charge is 2.14. The summed E-state index contributed by atoms with van der Waals surface area (Å²) >= 11 is 1.34. The third-order valence-corrected chi connectivity index (χ3v) is 4.64. The van der Waals surface area contributed by atoms with Crippen LogP contribution in [0, 0.1) is 6.92 Å². The lowest BCUT2D eigenvalue weighted by Gasteiger charge is -2.16. The number of carbonyl (C=O) groups excluding carboxylic acids is 1. The third-order valence-electron chi connectivity index (χ3n) is 3.73. The number of amides is 1. The molecule has 0 atom stereocenters. The van der Waals surface area contributed by atoms with Crippen molar-refractivity contribution in [2.75, 3.05) is 12.8 Å². The van der Waals surface area contributed by atoms with Gasteiger partial charge in [-0.25, -0.2) is 0 Å². The first-order valence-electron chi connectivity index (χ1n) is 7.89. The van der Waals surface area contributed by atoms with Crippen LogP contribution in [0.4, 0.5) is 0 Å². The van der Waals surface area contributed by atoms with Crippen LogP contribution in [0.25, 0.3) is 5.69 Å². The van der Waals surface area contributed by atoms with Crippen LogP contribution in [0.3, 0.4) is 0 Å². The monoisotopic (exact) mass is 353 g/mol. The van der Waals surface area contributed by atoms with Gasteiger partial charge in [-0.1, -0.05) is 59.8 Å². The zero-order valence-electron chi connectivity index (χ0n) is 14.2. The molecule has 6 nitrogen and oxygen atoms in total. The average Bonchev–Trinajstić information content (AvgIpc) is 3.09. The zero-order chi connectivity index (χ0) is 17.6. The SMILES string of the molecule is Cc1ccc(-n2nnnc2SCC(=O)N(C)Cc2ccccc2)cc1. The second-order valence-electron chi connectivity index (χ2n) is 5.73. The molecule has 0 radical (unpaired) electrons. The number of nitrogens with zero attached hydrogens (tertiary/aromatic N) is 5. The molecule has 0 aliphatic carbocycles. The molecule has 25 heavy (non-hydrogen) atoms. The molecule has 0 fully saturated rings. The number of tetrazole rings is 1. The average molecular weight is 353 g/mol. The fourth-order valence-corrected chi connectivity index (χ4v) is 3.13. The van der Waals surface area contributed by atoms with Gasteiger partial charge in [0.05, 0.1) is 11.4 Å². The fourth-order valence-electron chi connectivity index (χ4n) is 2.30. The van der Waals surface area contributed by atoms with Crippen LogP contribution in [-0.4, -0.2) is 43.8 Å². The maximum atomic E-state index is 12.4. The minimum absolute atomic E-state index is 0.0345. The molecule has 1 aromatic heterocycles. The van der Waals surface area contributed by atoms with Crippen molar-refractivity contribution in [3.63, 3.8) is 0 Å². The molecule has 0 bridgehead atoms. The molecule has 0 aliphatic rings. The predicted molar refractivity (Wildman–Crippen MR) is 97.5 cm³/mol. The van der Waals surface area contributed by atoms with E-state index in [1.807, 2.05) is 61.5 Å². The molecule has 1 heterocycles. The van der Waals surface area contributed by atoms with Crippen LogP contribution in [0.2, 0.25) is 0 Å². The standard InChI is InChI=1S/C18H19N5OS/c1-14-8-10-16(11-9-14)23-18(19-20-21-23)25-13-17(24)22(2)12-15-6-4-3-5-7-15/h3-11H,12-13H2,1-2H3. The number of aryl methyl sites for hydroxylation is 1. The van der Waals surface area contributed by atoms with E-state index in [0.29, 0.717) is 11.7 Å². The molecule has 0 unspecified atom stereocenters. The lowest BCUT2D eigenvalue weighted by Crippen LogP contribution is -2.27. The van der Waals surface area contributed by atoms with Crippen LogP contribution in [0.5, 0.6) is 0 Å². The Morgan fingerprint density at radius 3 is 2.56 bits per heavy atom. The van der Waals surface area contributed by atoms with Crippen LogP contribution >= 0.6 is 11.8 Å². The highest BCUT2D eigenvalue weighted by atomic mass is 32.2. The van der Waals surface area contributed by atoms with Crippen molar-refractivity contribution in [2.45, 2.75) is 18.6 Å². The van der Waals surface area contributed by atoms with Crippen molar-refractivity contribution in [2.24, 2.45) is 0 Å². The molecule has 7 heteroatoms. The van der Waals surface area contributed by atoms with Crippen molar-refractivity contribution < 1.29 is 4.79 Å². The van der Waals surface area contributed by atoms with Crippen molar-refractivity contribution in [3.8, 4) is 5.69 Å². The summed E-state index contributed by atoms with van der Waals surface area (Å²) in [6.07, 6.45) is 0. The van der Waals surface area contributed by atoms with Gasteiger partial charge in [-0.15, -0.1) is 5.10 Å².